The van der Waals surface area contributed by atoms with Crippen molar-refractivity contribution in [1.82, 2.24) is 9.47 Å². The molecule has 1 atom stereocenters. The smallest absolute Gasteiger partial charge is 0.326 e. The number of likely N-dealkylation sites (tertiary alicyclic amines) is 1. The lowest BCUT2D eigenvalue weighted by molar-refractivity contribution is -0.384. The molecule has 8 nitrogen and oxygen atoms in total. The summed E-state index contributed by atoms with van der Waals surface area (Å²) in [5, 5.41) is 20.0. The van der Waals surface area contributed by atoms with Crippen molar-refractivity contribution in [3.8, 4) is 0 Å². The van der Waals surface area contributed by atoms with Crippen LogP contribution in [0.25, 0.3) is 0 Å². The van der Waals surface area contributed by atoms with Gasteiger partial charge in [-0.25, -0.2) is 4.79 Å². The number of carbonyl (C=O) groups excluding carboxylic acids is 1. The molecule has 0 radical (unpaired) electrons. The second-order valence-electron chi connectivity index (χ2n) is 5.03. The fourth-order valence-electron chi connectivity index (χ4n) is 2.61. The highest BCUT2D eigenvalue weighted by Gasteiger charge is 2.36. The van der Waals surface area contributed by atoms with Gasteiger partial charge < -0.3 is 14.6 Å². The van der Waals surface area contributed by atoms with Crippen molar-refractivity contribution in [1.29, 1.82) is 0 Å². The zero-order chi connectivity index (χ0) is 15.6. The summed E-state index contributed by atoms with van der Waals surface area (Å²) in [5.41, 5.74) is 0.0228. The first-order chi connectivity index (χ1) is 9.95. The molecule has 21 heavy (non-hydrogen) atoms. The van der Waals surface area contributed by atoms with Gasteiger partial charge in [-0.3, -0.25) is 14.9 Å². The summed E-state index contributed by atoms with van der Waals surface area (Å²) in [4.78, 5) is 35.3. The lowest BCUT2D eigenvalue weighted by atomic mass is 10.2. The minimum atomic E-state index is -1.04. The third-order valence-electron chi connectivity index (χ3n) is 3.58. The van der Waals surface area contributed by atoms with Gasteiger partial charge in [0.1, 0.15) is 11.7 Å². The number of carbonyl (C=O) groups is 2. The molecule has 1 aliphatic heterocycles. The number of carboxylic acid groups (broad SMARTS) is 1. The van der Waals surface area contributed by atoms with Crippen molar-refractivity contribution in [2.24, 2.45) is 0 Å². The molecule has 8 heteroatoms. The monoisotopic (exact) mass is 295 g/mol. The minimum absolute atomic E-state index is 0.155. The Morgan fingerprint density at radius 1 is 1.52 bits per heavy atom. The van der Waals surface area contributed by atoms with Crippen molar-refractivity contribution in [3.05, 3.63) is 28.1 Å². The molecule has 1 amide bonds. The fourth-order valence-corrected chi connectivity index (χ4v) is 2.61. The van der Waals surface area contributed by atoms with Crippen molar-refractivity contribution in [3.63, 3.8) is 0 Å². The van der Waals surface area contributed by atoms with Gasteiger partial charge in [-0.1, -0.05) is 6.92 Å². The number of amides is 1. The molecule has 0 aliphatic carbocycles. The molecular weight excluding hydrogens is 278 g/mol. The maximum absolute atomic E-state index is 12.5. The van der Waals surface area contributed by atoms with Crippen molar-refractivity contribution in [2.45, 2.75) is 38.8 Å². The van der Waals surface area contributed by atoms with Crippen molar-refractivity contribution in [2.75, 3.05) is 6.54 Å². The molecule has 1 saturated heterocycles. The molecule has 0 unspecified atom stereocenters. The van der Waals surface area contributed by atoms with Gasteiger partial charge in [0.05, 0.1) is 11.1 Å². The number of aryl methyl sites for hydroxylation is 1. The van der Waals surface area contributed by atoms with Gasteiger partial charge in [0.2, 0.25) is 0 Å². The molecule has 2 rings (SSSR count). The largest absolute Gasteiger partial charge is 0.480 e. The molecule has 1 fully saturated rings. The molecule has 1 aromatic rings. The van der Waals surface area contributed by atoms with Crippen LogP contribution in [0.5, 0.6) is 0 Å². The first kappa shape index (κ1) is 15.0. The first-order valence-electron chi connectivity index (χ1n) is 6.84. The van der Waals surface area contributed by atoms with Gasteiger partial charge in [0.25, 0.3) is 11.6 Å². The van der Waals surface area contributed by atoms with Gasteiger partial charge in [-0.15, -0.1) is 0 Å². The number of carboxylic acids is 1. The summed E-state index contributed by atoms with van der Waals surface area (Å²) in [6.07, 6.45) is 3.08. The number of aliphatic carboxylic acids is 1. The fraction of sp³-hybridized carbons (Fsp3) is 0.538. The number of hydrogen-bond donors (Lipinski definition) is 1. The molecule has 1 aromatic heterocycles. The summed E-state index contributed by atoms with van der Waals surface area (Å²) in [5.74, 6) is -1.50. The molecule has 0 aromatic carbocycles. The number of nitro groups is 1. The molecule has 0 spiro atoms. The number of aromatic nitrogens is 1. The SMILES string of the molecule is CCCn1cc([N+](=O)[O-])cc1C(=O)N1CCC[C@H]1C(=O)O. The Morgan fingerprint density at radius 2 is 2.24 bits per heavy atom. The zero-order valence-corrected chi connectivity index (χ0v) is 11.7. The average Bonchev–Trinajstić information content (AvgIpc) is 3.04. The van der Waals surface area contributed by atoms with Crippen molar-refractivity contribution < 1.29 is 19.6 Å². The third kappa shape index (κ3) is 2.88. The summed E-state index contributed by atoms with van der Waals surface area (Å²) in [7, 11) is 0. The highest BCUT2D eigenvalue weighted by Crippen LogP contribution is 2.24. The van der Waals surface area contributed by atoms with E-state index >= 15 is 0 Å². The van der Waals surface area contributed by atoms with Gasteiger partial charge >= 0.3 is 5.97 Å². The zero-order valence-electron chi connectivity index (χ0n) is 11.7. The highest BCUT2D eigenvalue weighted by molar-refractivity contribution is 5.96. The third-order valence-corrected chi connectivity index (χ3v) is 3.58. The topological polar surface area (TPSA) is 106 Å². The van der Waals surface area contributed by atoms with Crippen LogP contribution in [0.4, 0.5) is 5.69 Å². The highest BCUT2D eigenvalue weighted by atomic mass is 16.6. The Balaban J connectivity index is 2.33. The standard InChI is InChI=1S/C13H17N3O5/c1-2-5-14-8-9(16(20)21)7-11(14)12(17)15-6-3-4-10(15)13(18)19/h7-8,10H,2-6H2,1H3,(H,18,19)/t10-/m0/s1. The Kier molecular flexibility index (Phi) is 4.25. The molecule has 114 valence electrons. The maximum atomic E-state index is 12.5. The van der Waals surface area contributed by atoms with Crippen LogP contribution < -0.4 is 0 Å². The van der Waals surface area contributed by atoms with E-state index in [1.54, 1.807) is 0 Å². The van der Waals surface area contributed by atoms with E-state index in [0.717, 1.165) is 0 Å². The second kappa shape index (κ2) is 5.94. The average molecular weight is 295 g/mol. The number of rotatable bonds is 5. The van der Waals surface area contributed by atoms with E-state index in [0.29, 0.717) is 32.4 Å². The Bertz CT molecular complexity index is 580. The van der Waals surface area contributed by atoms with Gasteiger partial charge in [-0.05, 0) is 19.3 Å². The van der Waals surface area contributed by atoms with E-state index in [4.69, 9.17) is 5.11 Å². The summed E-state index contributed by atoms with van der Waals surface area (Å²) in [6, 6.07) is 0.372. The molecule has 0 saturated carbocycles. The number of nitrogens with zero attached hydrogens (tertiary/aromatic N) is 3. The molecule has 2 heterocycles. The van der Waals surface area contributed by atoms with Crippen LogP contribution in [0.1, 0.15) is 36.7 Å². The van der Waals surface area contributed by atoms with E-state index in [-0.39, 0.29) is 11.4 Å². The quantitative estimate of drug-likeness (QED) is 0.654. The van der Waals surface area contributed by atoms with Crippen molar-refractivity contribution >= 4 is 17.6 Å². The number of hydrogen-bond acceptors (Lipinski definition) is 4. The Morgan fingerprint density at radius 3 is 2.81 bits per heavy atom. The Hall–Kier alpha value is -2.38. The van der Waals surface area contributed by atoms with E-state index in [9.17, 15) is 19.7 Å². The predicted molar refractivity (Wildman–Crippen MR) is 73.1 cm³/mol. The molecular formula is C13H17N3O5. The van der Waals surface area contributed by atoms with Gasteiger partial charge in [0.15, 0.2) is 0 Å². The molecule has 1 N–H and O–H groups in total. The van der Waals surface area contributed by atoms with Crippen LogP contribution in [0.15, 0.2) is 12.3 Å². The normalized spacial score (nSPS) is 18.0. The van der Waals surface area contributed by atoms with Gasteiger partial charge in [-0.2, -0.15) is 0 Å². The van der Waals surface area contributed by atoms with Crippen LogP contribution in [-0.2, 0) is 11.3 Å². The summed E-state index contributed by atoms with van der Waals surface area (Å²) < 4.78 is 1.53. The Labute approximate surface area is 121 Å². The summed E-state index contributed by atoms with van der Waals surface area (Å²) >= 11 is 0. The van der Waals surface area contributed by atoms with Crippen LogP contribution in [0, 0.1) is 10.1 Å². The van der Waals surface area contributed by atoms with Crippen LogP contribution in [-0.4, -0.2) is 44.0 Å². The molecule has 1 aliphatic rings. The minimum Gasteiger partial charge on any atom is -0.480 e. The van der Waals surface area contributed by atoms with Gasteiger partial charge in [0, 0.05) is 19.2 Å². The van der Waals surface area contributed by atoms with Crippen LogP contribution in [0.2, 0.25) is 0 Å². The van der Waals surface area contributed by atoms with E-state index in [1.165, 1.54) is 21.7 Å². The van der Waals surface area contributed by atoms with E-state index < -0.39 is 22.8 Å². The molecule has 0 bridgehead atoms. The van der Waals surface area contributed by atoms with Crippen LogP contribution in [0.3, 0.4) is 0 Å². The van der Waals surface area contributed by atoms with Crippen LogP contribution >= 0.6 is 0 Å². The summed E-state index contributed by atoms with van der Waals surface area (Å²) in [6.45, 7) is 2.73. The first-order valence-corrected chi connectivity index (χ1v) is 6.84. The lowest BCUT2D eigenvalue weighted by Gasteiger charge is -2.21. The second-order valence-corrected chi connectivity index (χ2v) is 5.03. The predicted octanol–water partition coefficient (Wildman–Crippen LogP) is 1.50. The lowest BCUT2D eigenvalue weighted by Crippen LogP contribution is -2.41. The maximum Gasteiger partial charge on any atom is 0.326 e. The van der Waals surface area contributed by atoms with E-state index in [1.807, 2.05) is 6.92 Å². The van der Waals surface area contributed by atoms with E-state index in [2.05, 4.69) is 0 Å².